The summed E-state index contributed by atoms with van der Waals surface area (Å²) in [4.78, 5) is 13.5. The van der Waals surface area contributed by atoms with Gasteiger partial charge in [0.05, 0.1) is 6.54 Å². The van der Waals surface area contributed by atoms with E-state index in [0.717, 1.165) is 12.8 Å². The van der Waals surface area contributed by atoms with Crippen LogP contribution in [0.1, 0.15) is 47.5 Å². The summed E-state index contributed by atoms with van der Waals surface area (Å²) in [5.74, 6) is 0.161. The Morgan fingerprint density at radius 1 is 1.40 bits per heavy atom. The van der Waals surface area contributed by atoms with Crippen molar-refractivity contribution in [1.29, 1.82) is 0 Å². The van der Waals surface area contributed by atoms with Crippen LogP contribution in [0.2, 0.25) is 0 Å². The molecule has 0 aliphatic rings. The number of carbonyl (C=O) groups is 1. The second-order valence-electron chi connectivity index (χ2n) is 5.09. The molecule has 15 heavy (non-hydrogen) atoms. The molecule has 0 aliphatic carbocycles. The van der Waals surface area contributed by atoms with Gasteiger partial charge in [0.15, 0.2) is 0 Å². The van der Waals surface area contributed by atoms with Crippen LogP contribution in [0.5, 0.6) is 0 Å². The Kier molecular flexibility index (Phi) is 5.88. The second kappa shape index (κ2) is 6.11. The molecule has 90 valence electrons. The summed E-state index contributed by atoms with van der Waals surface area (Å²) in [5.41, 5.74) is 0.0578. The van der Waals surface area contributed by atoms with Crippen molar-refractivity contribution in [1.82, 2.24) is 10.2 Å². The first-order valence-electron chi connectivity index (χ1n) is 5.81. The van der Waals surface area contributed by atoms with Gasteiger partial charge in [0.25, 0.3) is 0 Å². The van der Waals surface area contributed by atoms with Crippen LogP contribution >= 0.6 is 0 Å². The van der Waals surface area contributed by atoms with Crippen molar-refractivity contribution < 1.29 is 4.79 Å². The van der Waals surface area contributed by atoms with Gasteiger partial charge in [-0.3, -0.25) is 4.79 Å². The first kappa shape index (κ1) is 14.4. The SMILES string of the molecule is CCCC(C)(C)NCC(=O)N(C)C(C)C. The number of rotatable bonds is 6. The number of carbonyl (C=O) groups excluding carboxylic acids is 1. The average Bonchev–Trinajstić information content (AvgIpc) is 2.13. The molecule has 0 heterocycles. The van der Waals surface area contributed by atoms with E-state index in [1.807, 2.05) is 20.9 Å². The standard InChI is InChI=1S/C12H26N2O/c1-7-8-12(4,5)13-9-11(15)14(6)10(2)3/h10,13H,7-9H2,1-6H3. The van der Waals surface area contributed by atoms with Gasteiger partial charge in [-0.05, 0) is 34.1 Å². The zero-order valence-electron chi connectivity index (χ0n) is 11.1. The van der Waals surface area contributed by atoms with E-state index in [-0.39, 0.29) is 17.5 Å². The Bertz CT molecular complexity index is 200. The van der Waals surface area contributed by atoms with Crippen LogP contribution < -0.4 is 5.32 Å². The Hall–Kier alpha value is -0.570. The zero-order valence-corrected chi connectivity index (χ0v) is 11.1. The van der Waals surface area contributed by atoms with E-state index in [9.17, 15) is 4.79 Å². The average molecular weight is 214 g/mol. The van der Waals surface area contributed by atoms with Crippen LogP contribution in [0, 0.1) is 0 Å². The number of likely N-dealkylation sites (N-methyl/N-ethyl adjacent to an activating group) is 1. The quantitative estimate of drug-likeness (QED) is 0.733. The molecule has 0 aliphatic heterocycles. The van der Waals surface area contributed by atoms with Gasteiger partial charge < -0.3 is 10.2 Å². The van der Waals surface area contributed by atoms with Gasteiger partial charge in [-0.15, -0.1) is 0 Å². The van der Waals surface area contributed by atoms with Crippen LogP contribution in [-0.4, -0.2) is 36.0 Å². The number of hydrogen-bond donors (Lipinski definition) is 1. The molecular formula is C12H26N2O. The van der Waals surface area contributed by atoms with Crippen LogP contribution in [0.15, 0.2) is 0 Å². The van der Waals surface area contributed by atoms with E-state index in [4.69, 9.17) is 0 Å². The van der Waals surface area contributed by atoms with Gasteiger partial charge >= 0.3 is 0 Å². The molecule has 0 unspecified atom stereocenters. The summed E-state index contributed by atoms with van der Waals surface area (Å²) < 4.78 is 0. The van der Waals surface area contributed by atoms with Gasteiger partial charge in [-0.2, -0.15) is 0 Å². The van der Waals surface area contributed by atoms with Crippen molar-refractivity contribution in [2.45, 2.75) is 59.0 Å². The highest BCUT2D eigenvalue weighted by Gasteiger charge is 2.19. The topological polar surface area (TPSA) is 32.3 Å². The predicted molar refractivity (Wildman–Crippen MR) is 64.9 cm³/mol. The minimum absolute atomic E-state index is 0.0578. The maximum Gasteiger partial charge on any atom is 0.236 e. The first-order chi connectivity index (χ1) is 6.80. The Morgan fingerprint density at radius 2 is 1.93 bits per heavy atom. The highest BCUT2D eigenvalue weighted by Crippen LogP contribution is 2.10. The van der Waals surface area contributed by atoms with Crippen LogP contribution in [0.25, 0.3) is 0 Å². The summed E-state index contributed by atoms with van der Waals surface area (Å²) in [6, 6.07) is 0.272. The fourth-order valence-electron chi connectivity index (χ4n) is 1.44. The second-order valence-corrected chi connectivity index (χ2v) is 5.09. The third kappa shape index (κ3) is 5.78. The van der Waals surface area contributed by atoms with Crippen LogP contribution in [0.3, 0.4) is 0 Å². The Labute approximate surface area is 94.2 Å². The predicted octanol–water partition coefficient (Wildman–Crippen LogP) is 2.02. The van der Waals surface area contributed by atoms with E-state index in [2.05, 4.69) is 26.1 Å². The molecule has 3 nitrogen and oxygen atoms in total. The van der Waals surface area contributed by atoms with E-state index >= 15 is 0 Å². The van der Waals surface area contributed by atoms with Crippen molar-refractivity contribution in [3.05, 3.63) is 0 Å². The number of hydrogen-bond acceptors (Lipinski definition) is 2. The van der Waals surface area contributed by atoms with E-state index < -0.39 is 0 Å². The fraction of sp³-hybridized carbons (Fsp3) is 0.917. The van der Waals surface area contributed by atoms with Gasteiger partial charge in [0.2, 0.25) is 5.91 Å². The highest BCUT2D eigenvalue weighted by molar-refractivity contribution is 5.78. The van der Waals surface area contributed by atoms with Gasteiger partial charge in [-0.25, -0.2) is 0 Å². The number of nitrogens with zero attached hydrogens (tertiary/aromatic N) is 1. The van der Waals surface area contributed by atoms with Crippen molar-refractivity contribution >= 4 is 5.91 Å². The van der Waals surface area contributed by atoms with Crippen molar-refractivity contribution in [2.24, 2.45) is 0 Å². The third-order valence-electron chi connectivity index (χ3n) is 2.76. The lowest BCUT2D eigenvalue weighted by molar-refractivity contribution is -0.130. The molecule has 0 aromatic heterocycles. The first-order valence-corrected chi connectivity index (χ1v) is 5.81. The molecule has 3 heteroatoms. The molecule has 0 spiro atoms. The third-order valence-corrected chi connectivity index (χ3v) is 2.76. The molecule has 0 saturated heterocycles. The molecular weight excluding hydrogens is 188 g/mol. The van der Waals surface area contributed by atoms with Crippen LogP contribution in [0.4, 0.5) is 0 Å². The van der Waals surface area contributed by atoms with Crippen molar-refractivity contribution in [3.63, 3.8) is 0 Å². The monoisotopic (exact) mass is 214 g/mol. The normalized spacial score (nSPS) is 11.9. The molecule has 0 fully saturated rings. The molecule has 1 amide bonds. The van der Waals surface area contributed by atoms with Crippen molar-refractivity contribution in [2.75, 3.05) is 13.6 Å². The molecule has 0 saturated carbocycles. The molecule has 0 aromatic rings. The maximum atomic E-state index is 11.7. The minimum Gasteiger partial charge on any atom is -0.342 e. The minimum atomic E-state index is 0.0578. The highest BCUT2D eigenvalue weighted by atomic mass is 16.2. The molecule has 0 rings (SSSR count). The summed E-state index contributed by atoms with van der Waals surface area (Å²) >= 11 is 0. The number of amides is 1. The molecule has 0 radical (unpaired) electrons. The summed E-state index contributed by atoms with van der Waals surface area (Å²) in [6.07, 6.45) is 2.22. The van der Waals surface area contributed by atoms with E-state index in [1.54, 1.807) is 4.90 Å². The number of nitrogens with one attached hydrogen (secondary N) is 1. The molecule has 0 bridgehead atoms. The molecule has 0 aromatic carbocycles. The summed E-state index contributed by atoms with van der Waals surface area (Å²) in [5, 5.41) is 3.30. The lowest BCUT2D eigenvalue weighted by Gasteiger charge is -2.28. The van der Waals surface area contributed by atoms with Gasteiger partial charge in [-0.1, -0.05) is 13.3 Å². The summed E-state index contributed by atoms with van der Waals surface area (Å²) in [6.45, 7) is 10.9. The lowest BCUT2D eigenvalue weighted by atomic mass is 9.99. The van der Waals surface area contributed by atoms with Gasteiger partial charge in [0.1, 0.15) is 0 Å². The molecule has 0 atom stereocenters. The Balaban J connectivity index is 4.00. The Morgan fingerprint density at radius 3 is 2.33 bits per heavy atom. The van der Waals surface area contributed by atoms with Crippen molar-refractivity contribution in [3.8, 4) is 0 Å². The van der Waals surface area contributed by atoms with E-state index in [0.29, 0.717) is 6.54 Å². The smallest absolute Gasteiger partial charge is 0.236 e. The zero-order chi connectivity index (χ0) is 12.1. The fourth-order valence-corrected chi connectivity index (χ4v) is 1.44. The van der Waals surface area contributed by atoms with Crippen LogP contribution in [-0.2, 0) is 4.79 Å². The molecule has 1 N–H and O–H groups in total. The summed E-state index contributed by atoms with van der Waals surface area (Å²) in [7, 11) is 1.85. The van der Waals surface area contributed by atoms with Gasteiger partial charge in [0, 0.05) is 18.6 Å². The maximum absolute atomic E-state index is 11.7. The largest absolute Gasteiger partial charge is 0.342 e. The lowest BCUT2D eigenvalue weighted by Crippen LogP contribution is -2.46. The van der Waals surface area contributed by atoms with E-state index in [1.165, 1.54) is 0 Å².